The van der Waals surface area contributed by atoms with Gasteiger partial charge in [0.1, 0.15) is 11.4 Å². The van der Waals surface area contributed by atoms with E-state index in [0.717, 1.165) is 29.6 Å². The third kappa shape index (κ3) is 4.32. The fourth-order valence-electron chi connectivity index (χ4n) is 1.80. The molecule has 0 bridgehead atoms. The van der Waals surface area contributed by atoms with Crippen LogP contribution in [-0.2, 0) is 21.4 Å². The molecule has 1 saturated carbocycles. The van der Waals surface area contributed by atoms with Crippen molar-refractivity contribution in [2.45, 2.75) is 37.1 Å². The maximum Gasteiger partial charge on any atom is 0.325 e. The molecule has 1 heterocycles. The van der Waals surface area contributed by atoms with E-state index in [9.17, 15) is 13.2 Å². The van der Waals surface area contributed by atoms with E-state index in [1.54, 1.807) is 0 Å². The molecule has 0 spiro atoms. The fourth-order valence-corrected chi connectivity index (χ4v) is 2.82. The molecule has 0 saturated heterocycles. The summed E-state index contributed by atoms with van der Waals surface area (Å²) < 4.78 is 27.3. The molecular formula is C11H17N3O4S. The number of carboxylic acid groups (broad SMARTS) is 1. The fraction of sp³-hybridized carbons (Fsp3) is 0.636. The number of carboxylic acids is 1. The monoisotopic (exact) mass is 287 g/mol. The van der Waals surface area contributed by atoms with Crippen LogP contribution in [0.2, 0.25) is 0 Å². The molecule has 0 radical (unpaired) electrons. The second kappa shape index (κ2) is 5.70. The van der Waals surface area contributed by atoms with Gasteiger partial charge in [0.25, 0.3) is 0 Å². The van der Waals surface area contributed by atoms with Crippen LogP contribution in [0.15, 0.2) is 17.3 Å². The minimum Gasteiger partial charge on any atom is -0.480 e. The Balaban J connectivity index is 1.86. The van der Waals surface area contributed by atoms with Gasteiger partial charge in [-0.15, -0.1) is 0 Å². The Labute approximate surface area is 111 Å². The standard InChI is InChI=1S/C11H17N3O4S/c15-11(16)8-14-7-10(6-12-14)19(17,18)13-5-1-2-9-3-4-9/h6-7,9,13H,1-5,8H2,(H,15,16). The molecule has 0 aliphatic heterocycles. The molecule has 1 aliphatic carbocycles. The molecule has 19 heavy (non-hydrogen) atoms. The van der Waals surface area contributed by atoms with Gasteiger partial charge in [-0.25, -0.2) is 13.1 Å². The van der Waals surface area contributed by atoms with Crippen molar-refractivity contribution in [1.82, 2.24) is 14.5 Å². The number of rotatable bonds is 8. The van der Waals surface area contributed by atoms with E-state index >= 15 is 0 Å². The molecule has 2 rings (SSSR count). The number of sulfonamides is 1. The molecule has 7 nitrogen and oxygen atoms in total. The molecule has 1 aliphatic rings. The maximum atomic E-state index is 11.9. The van der Waals surface area contributed by atoms with Gasteiger partial charge >= 0.3 is 5.97 Å². The van der Waals surface area contributed by atoms with Gasteiger partial charge in [-0.3, -0.25) is 9.48 Å². The van der Waals surface area contributed by atoms with E-state index in [1.165, 1.54) is 19.0 Å². The molecule has 0 unspecified atom stereocenters. The van der Waals surface area contributed by atoms with Gasteiger partial charge < -0.3 is 5.11 Å². The van der Waals surface area contributed by atoms with Gasteiger partial charge in [-0.05, 0) is 18.8 Å². The molecule has 8 heteroatoms. The number of carbonyl (C=O) groups is 1. The highest BCUT2D eigenvalue weighted by atomic mass is 32.2. The Morgan fingerprint density at radius 2 is 2.26 bits per heavy atom. The summed E-state index contributed by atoms with van der Waals surface area (Å²) in [6, 6.07) is 0. The molecule has 106 valence electrons. The van der Waals surface area contributed by atoms with Crippen molar-refractivity contribution in [2.24, 2.45) is 5.92 Å². The van der Waals surface area contributed by atoms with Gasteiger partial charge in [0.15, 0.2) is 0 Å². The zero-order valence-electron chi connectivity index (χ0n) is 10.4. The molecular weight excluding hydrogens is 270 g/mol. The van der Waals surface area contributed by atoms with E-state index < -0.39 is 16.0 Å². The summed E-state index contributed by atoms with van der Waals surface area (Å²) >= 11 is 0. The second-order valence-corrected chi connectivity index (χ2v) is 6.52. The van der Waals surface area contributed by atoms with Gasteiger partial charge in [0.05, 0.1) is 6.20 Å². The van der Waals surface area contributed by atoms with Crippen molar-refractivity contribution in [2.75, 3.05) is 6.54 Å². The minimum atomic E-state index is -3.58. The van der Waals surface area contributed by atoms with Crippen molar-refractivity contribution >= 4 is 16.0 Å². The van der Waals surface area contributed by atoms with Crippen LogP contribution in [0.1, 0.15) is 25.7 Å². The van der Waals surface area contributed by atoms with Crippen molar-refractivity contribution in [3.63, 3.8) is 0 Å². The first-order valence-corrected chi connectivity index (χ1v) is 7.69. The van der Waals surface area contributed by atoms with Crippen LogP contribution in [0.4, 0.5) is 0 Å². The quantitative estimate of drug-likeness (QED) is 0.675. The average molecular weight is 287 g/mol. The van der Waals surface area contributed by atoms with Crippen LogP contribution < -0.4 is 4.72 Å². The topological polar surface area (TPSA) is 101 Å². The SMILES string of the molecule is O=C(O)Cn1cc(S(=O)(=O)NCCCC2CC2)cn1. The van der Waals surface area contributed by atoms with Crippen molar-refractivity contribution in [3.8, 4) is 0 Å². The molecule has 1 aromatic heterocycles. The van der Waals surface area contributed by atoms with Crippen molar-refractivity contribution < 1.29 is 18.3 Å². The normalized spacial score (nSPS) is 15.6. The zero-order chi connectivity index (χ0) is 13.9. The highest BCUT2D eigenvalue weighted by molar-refractivity contribution is 7.89. The molecule has 0 amide bonds. The Hall–Kier alpha value is -1.41. The first-order valence-electron chi connectivity index (χ1n) is 6.21. The zero-order valence-corrected chi connectivity index (χ0v) is 11.3. The summed E-state index contributed by atoms with van der Waals surface area (Å²) in [5, 5.41) is 12.3. The lowest BCUT2D eigenvalue weighted by atomic mass is 10.2. The van der Waals surface area contributed by atoms with Gasteiger partial charge in [-0.2, -0.15) is 5.10 Å². The predicted molar refractivity (Wildman–Crippen MR) is 67.0 cm³/mol. The molecule has 0 atom stereocenters. The second-order valence-electron chi connectivity index (χ2n) is 4.75. The van der Waals surface area contributed by atoms with Gasteiger partial charge in [0, 0.05) is 12.7 Å². The Morgan fingerprint density at radius 1 is 1.53 bits per heavy atom. The maximum absolute atomic E-state index is 11.9. The lowest BCUT2D eigenvalue weighted by Gasteiger charge is -2.03. The van der Waals surface area contributed by atoms with Crippen LogP contribution in [0, 0.1) is 5.92 Å². The van der Waals surface area contributed by atoms with E-state index in [0.29, 0.717) is 6.54 Å². The van der Waals surface area contributed by atoms with Gasteiger partial charge in [0.2, 0.25) is 10.0 Å². The smallest absolute Gasteiger partial charge is 0.325 e. The number of hydrogen-bond acceptors (Lipinski definition) is 4. The van der Waals surface area contributed by atoms with Crippen LogP contribution in [-0.4, -0.2) is 35.8 Å². The van der Waals surface area contributed by atoms with Crippen LogP contribution >= 0.6 is 0 Å². The molecule has 2 N–H and O–H groups in total. The van der Waals surface area contributed by atoms with E-state index in [2.05, 4.69) is 9.82 Å². The number of nitrogens with zero attached hydrogens (tertiary/aromatic N) is 2. The van der Waals surface area contributed by atoms with Crippen LogP contribution in [0.5, 0.6) is 0 Å². The van der Waals surface area contributed by atoms with E-state index in [4.69, 9.17) is 5.11 Å². The lowest BCUT2D eigenvalue weighted by Crippen LogP contribution is -2.24. The number of nitrogens with one attached hydrogen (secondary N) is 1. The van der Waals surface area contributed by atoms with Crippen molar-refractivity contribution in [1.29, 1.82) is 0 Å². The summed E-state index contributed by atoms with van der Waals surface area (Å²) in [7, 11) is -3.58. The van der Waals surface area contributed by atoms with Crippen molar-refractivity contribution in [3.05, 3.63) is 12.4 Å². The summed E-state index contributed by atoms with van der Waals surface area (Å²) in [5.74, 6) is -0.285. The highest BCUT2D eigenvalue weighted by Gasteiger charge is 2.21. The lowest BCUT2D eigenvalue weighted by molar-refractivity contribution is -0.137. The minimum absolute atomic E-state index is 0.000159. The number of aliphatic carboxylic acids is 1. The molecule has 0 aromatic carbocycles. The first kappa shape index (κ1) is 14.0. The Bertz CT molecular complexity index is 548. The summed E-state index contributed by atoms with van der Waals surface area (Å²) in [4.78, 5) is 10.5. The predicted octanol–water partition coefficient (Wildman–Crippen LogP) is 0.436. The highest BCUT2D eigenvalue weighted by Crippen LogP contribution is 2.33. The molecule has 1 fully saturated rings. The third-order valence-electron chi connectivity index (χ3n) is 3.00. The largest absolute Gasteiger partial charge is 0.480 e. The Kier molecular flexibility index (Phi) is 4.20. The summed E-state index contributed by atoms with van der Waals surface area (Å²) in [6.45, 7) is 0.0557. The third-order valence-corrected chi connectivity index (χ3v) is 4.41. The number of hydrogen-bond donors (Lipinski definition) is 2. The number of aromatic nitrogens is 2. The summed E-state index contributed by atoms with van der Waals surface area (Å²) in [6.07, 6.45) is 6.78. The van der Waals surface area contributed by atoms with E-state index in [1.807, 2.05) is 0 Å². The van der Waals surface area contributed by atoms with Crippen LogP contribution in [0.25, 0.3) is 0 Å². The molecule has 1 aromatic rings. The van der Waals surface area contributed by atoms with E-state index in [-0.39, 0.29) is 11.4 Å². The average Bonchev–Trinajstić information content (AvgIpc) is 3.02. The first-order chi connectivity index (χ1) is 8.97. The van der Waals surface area contributed by atoms with Gasteiger partial charge in [-0.1, -0.05) is 12.8 Å². The summed E-state index contributed by atoms with van der Waals surface area (Å²) in [5.41, 5.74) is 0. The Morgan fingerprint density at radius 3 is 2.89 bits per heavy atom. The van der Waals surface area contributed by atoms with Crippen LogP contribution in [0.3, 0.4) is 0 Å².